The normalized spacial score (nSPS) is 10.7. The van der Waals surface area contributed by atoms with Crippen LogP contribution in [0.2, 0.25) is 0 Å². The number of rotatable bonds is 4. The molecule has 0 unspecified atom stereocenters. The van der Waals surface area contributed by atoms with Crippen LogP contribution in [0, 0.1) is 0 Å². The average molecular weight is 360 g/mol. The van der Waals surface area contributed by atoms with Gasteiger partial charge in [-0.05, 0) is 35.9 Å². The van der Waals surface area contributed by atoms with Gasteiger partial charge in [0, 0.05) is 22.9 Å². The molecule has 2 N–H and O–H groups in total. The Morgan fingerprint density at radius 1 is 1.04 bits per heavy atom. The summed E-state index contributed by atoms with van der Waals surface area (Å²) in [6.07, 6.45) is 0. The van der Waals surface area contributed by atoms with Crippen LogP contribution in [0.15, 0.2) is 75.9 Å². The number of carbonyl (C=O) groups excluding carboxylic acids is 1. The minimum absolute atomic E-state index is 0.271. The smallest absolute Gasteiger partial charge is 0.417 e. The minimum Gasteiger partial charge on any atom is -0.496 e. The van der Waals surface area contributed by atoms with Crippen molar-refractivity contribution < 1.29 is 13.9 Å². The summed E-state index contributed by atoms with van der Waals surface area (Å²) in [6, 6.07) is 20.0. The molecule has 134 valence electrons. The molecule has 4 aromatic rings. The predicted molar refractivity (Wildman–Crippen MR) is 103 cm³/mol. The summed E-state index contributed by atoms with van der Waals surface area (Å²) in [5.41, 5.74) is 3.78. The first-order valence-corrected chi connectivity index (χ1v) is 8.32. The van der Waals surface area contributed by atoms with Gasteiger partial charge >= 0.3 is 5.76 Å². The van der Waals surface area contributed by atoms with Crippen molar-refractivity contribution in [2.75, 3.05) is 12.4 Å². The van der Waals surface area contributed by atoms with E-state index in [2.05, 4.69) is 10.3 Å². The molecule has 4 rings (SSSR count). The van der Waals surface area contributed by atoms with E-state index in [4.69, 9.17) is 9.15 Å². The predicted octanol–water partition coefficient (Wildman–Crippen LogP) is 4.05. The van der Waals surface area contributed by atoms with Gasteiger partial charge < -0.3 is 14.5 Å². The molecule has 1 heterocycles. The Balaban J connectivity index is 1.65. The number of ether oxygens (including phenoxy) is 1. The van der Waals surface area contributed by atoms with Gasteiger partial charge in [-0.1, -0.05) is 30.3 Å². The van der Waals surface area contributed by atoms with Crippen LogP contribution in [-0.2, 0) is 0 Å². The number of H-pyrrole nitrogens is 1. The van der Waals surface area contributed by atoms with Gasteiger partial charge in [-0.25, -0.2) is 4.79 Å². The Bertz CT molecular complexity index is 1180. The number of carbonyl (C=O) groups is 1. The van der Waals surface area contributed by atoms with Crippen molar-refractivity contribution in [2.45, 2.75) is 0 Å². The Kier molecular flexibility index (Phi) is 4.22. The van der Waals surface area contributed by atoms with Gasteiger partial charge in [0.05, 0.1) is 12.6 Å². The molecule has 0 aliphatic rings. The number of oxazole rings is 1. The van der Waals surface area contributed by atoms with E-state index < -0.39 is 5.76 Å². The van der Waals surface area contributed by atoms with Gasteiger partial charge in [-0.2, -0.15) is 0 Å². The molecule has 0 saturated carbocycles. The van der Waals surface area contributed by atoms with E-state index in [0.717, 1.165) is 11.1 Å². The van der Waals surface area contributed by atoms with Crippen LogP contribution in [0.4, 0.5) is 5.69 Å². The van der Waals surface area contributed by atoms with E-state index >= 15 is 0 Å². The Hall–Kier alpha value is -3.80. The molecule has 0 saturated heterocycles. The summed E-state index contributed by atoms with van der Waals surface area (Å²) in [5.74, 6) is -0.114. The van der Waals surface area contributed by atoms with Crippen LogP contribution in [0.5, 0.6) is 5.75 Å². The lowest BCUT2D eigenvalue weighted by atomic mass is 10.0. The lowest BCUT2D eigenvalue weighted by Crippen LogP contribution is -2.12. The Morgan fingerprint density at radius 3 is 2.63 bits per heavy atom. The minimum atomic E-state index is -0.531. The van der Waals surface area contributed by atoms with E-state index in [9.17, 15) is 9.59 Å². The van der Waals surface area contributed by atoms with E-state index in [-0.39, 0.29) is 5.91 Å². The number of amides is 1. The molecule has 0 radical (unpaired) electrons. The molecule has 0 spiro atoms. The van der Waals surface area contributed by atoms with Gasteiger partial charge in [0.2, 0.25) is 0 Å². The number of hydrogen-bond acceptors (Lipinski definition) is 4. The highest BCUT2D eigenvalue weighted by molar-refractivity contribution is 6.05. The lowest BCUT2D eigenvalue weighted by Gasteiger charge is -2.11. The number of hydrogen-bond donors (Lipinski definition) is 2. The van der Waals surface area contributed by atoms with Crippen LogP contribution in [-0.4, -0.2) is 18.0 Å². The summed E-state index contributed by atoms with van der Waals surface area (Å²) in [7, 11) is 1.60. The largest absolute Gasteiger partial charge is 0.496 e. The van der Waals surface area contributed by atoms with Crippen molar-refractivity contribution in [3.8, 4) is 16.9 Å². The zero-order valence-corrected chi connectivity index (χ0v) is 14.5. The summed E-state index contributed by atoms with van der Waals surface area (Å²) < 4.78 is 10.5. The van der Waals surface area contributed by atoms with Gasteiger partial charge in [-0.15, -0.1) is 0 Å². The van der Waals surface area contributed by atoms with Crippen molar-refractivity contribution in [2.24, 2.45) is 0 Å². The number of methoxy groups -OCH3 is 1. The van der Waals surface area contributed by atoms with Gasteiger partial charge in [0.25, 0.3) is 5.91 Å². The molecule has 0 aliphatic carbocycles. The zero-order chi connectivity index (χ0) is 18.8. The fourth-order valence-electron chi connectivity index (χ4n) is 2.92. The van der Waals surface area contributed by atoms with Crippen molar-refractivity contribution in [1.82, 2.24) is 4.98 Å². The SMILES string of the molecule is COc1ccc(C(=O)Nc2ccc3[nH]c(=O)oc3c2)cc1-c1ccccc1. The quantitative estimate of drug-likeness (QED) is 0.575. The number of nitrogens with one attached hydrogen (secondary N) is 2. The second-order valence-corrected chi connectivity index (χ2v) is 5.96. The van der Waals surface area contributed by atoms with Crippen molar-refractivity contribution >= 4 is 22.7 Å². The molecular formula is C21H16N2O4. The van der Waals surface area contributed by atoms with Gasteiger partial charge in [0.15, 0.2) is 5.58 Å². The van der Waals surface area contributed by atoms with E-state index in [0.29, 0.717) is 28.1 Å². The topological polar surface area (TPSA) is 84.3 Å². The van der Waals surface area contributed by atoms with Crippen molar-refractivity contribution in [1.29, 1.82) is 0 Å². The second kappa shape index (κ2) is 6.84. The first-order chi connectivity index (χ1) is 13.1. The van der Waals surface area contributed by atoms with Crippen molar-refractivity contribution in [3.63, 3.8) is 0 Å². The fraction of sp³-hybridized carbons (Fsp3) is 0.0476. The van der Waals surface area contributed by atoms with Crippen LogP contribution < -0.4 is 15.8 Å². The standard InChI is InChI=1S/C21H16N2O4/c1-26-18-10-7-14(11-16(18)13-5-3-2-4-6-13)20(24)22-15-8-9-17-19(12-15)27-21(25)23-17/h2-12H,1H3,(H,22,24)(H,23,25). The summed E-state index contributed by atoms with van der Waals surface area (Å²) in [4.78, 5) is 26.5. The van der Waals surface area contributed by atoms with Crippen molar-refractivity contribution in [3.05, 3.63) is 82.8 Å². The number of aromatic nitrogens is 1. The molecule has 1 amide bonds. The second-order valence-electron chi connectivity index (χ2n) is 5.96. The number of anilines is 1. The highest BCUT2D eigenvalue weighted by Gasteiger charge is 2.13. The third kappa shape index (κ3) is 3.32. The summed E-state index contributed by atoms with van der Waals surface area (Å²) in [5, 5.41) is 2.82. The maximum Gasteiger partial charge on any atom is 0.417 e. The Labute approximate surface area is 154 Å². The van der Waals surface area contributed by atoms with Crippen LogP contribution in [0.1, 0.15) is 10.4 Å². The molecular weight excluding hydrogens is 344 g/mol. The van der Waals surface area contributed by atoms with Crippen LogP contribution in [0.3, 0.4) is 0 Å². The number of benzene rings is 3. The monoisotopic (exact) mass is 360 g/mol. The molecule has 1 aromatic heterocycles. The highest BCUT2D eigenvalue weighted by Crippen LogP contribution is 2.31. The third-order valence-corrected chi connectivity index (χ3v) is 4.23. The first-order valence-electron chi connectivity index (χ1n) is 8.32. The van der Waals surface area contributed by atoms with E-state index in [1.807, 2.05) is 30.3 Å². The maximum absolute atomic E-state index is 12.7. The zero-order valence-electron chi connectivity index (χ0n) is 14.5. The molecule has 6 heteroatoms. The van der Waals surface area contributed by atoms with E-state index in [1.165, 1.54) is 0 Å². The van der Waals surface area contributed by atoms with Crippen LogP contribution >= 0.6 is 0 Å². The van der Waals surface area contributed by atoms with E-state index in [1.54, 1.807) is 43.5 Å². The summed E-state index contributed by atoms with van der Waals surface area (Å²) in [6.45, 7) is 0. The molecule has 3 aromatic carbocycles. The fourth-order valence-corrected chi connectivity index (χ4v) is 2.92. The molecule has 0 aliphatic heterocycles. The number of fused-ring (bicyclic) bond motifs is 1. The molecule has 0 atom stereocenters. The van der Waals surface area contributed by atoms with Gasteiger partial charge in [-0.3, -0.25) is 9.78 Å². The highest BCUT2D eigenvalue weighted by atomic mass is 16.5. The molecule has 0 bridgehead atoms. The first kappa shape index (κ1) is 16.7. The molecule has 6 nitrogen and oxygen atoms in total. The lowest BCUT2D eigenvalue weighted by molar-refractivity contribution is 0.102. The van der Waals surface area contributed by atoms with Gasteiger partial charge in [0.1, 0.15) is 5.75 Å². The third-order valence-electron chi connectivity index (χ3n) is 4.23. The molecule has 0 fully saturated rings. The van der Waals surface area contributed by atoms with Crippen LogP contribution in [0.25, 0.3) is 22.2 Å². The Morgan fingerprint density at radius 2 is 1.85 bits per heavy atom. The average Bonchev–Trinajstić information content (AvgIpc) is 3.07. The summed E-state index contributed by atoms with van der Waals surface area (Å²) >= 11 is 0. The molecule has 27 heavy (non-hydrogen) atoms. The maximum atomic E-state index is 12.7. The number of aromatic amines is 1.